The van der Waals surface area contributed by atoms with Crippen molar-refractivity contribution in [3.8, 4) is 0 Å². The highest BCUT2D eigenvalue weighted by Gasteiger charge is 2.08. The van der Waals surface area contributed by atoms with Crippen LogP contribution in [0.1, 0.15) is 12.5 Å². The van der Waals surface area contributed by atoms with Crippen LogP contribution in [-0.2, 0) is 4.79 Å². The first-order valence-corrected chi connectivity index (χ1v) is 5.01. The number of nitrogens with zero attached hydrogens (tertiary/aromatic N) is 1. The second-order valence-electron chi connectivity index (χ2n) is 3.32. The van der Waals surface area contributed by atoms with Crippen molar-refractivity contribution in [3.05, 3.63) is 29.8 Å². The van der Waals surface area contributed by atoms with Gasteiger partial charge in [-0.2, -0.15) is 0 Å². The number of hydrogen-bond donors (Lipinski definition) is 2. The van der Waals surface area contributed by atoms with Crippen molar-refractivity contribution in [1.29, 1.82) is 0 Å². The predicted octanol–water partition coefficient (Wildman–Crippen LogP) is 1.13. The minimum absolute atomic E-state index is 0.0205. The number of nitrogens with two attached hydrogens (primary N) is 1. The van der Waals surface area contributed by atoms with E-state index in [1.165, 1.54) is 5.01 Å². The van der Waals surface area contributed by atoms with Gasteiger partial charge in [0, 0.05) is 6.54 Å². The number of nitrogens with one attached hydrogen (secondary N) is 1. The van der Waals surface area contributed by atoms with Gasteiger partial charge in [0.15, 0.2) is 0 Å². The van der Waals surface area contributed by atoms with Gasteiger partial charge in [-0.25, -0.2) is 0 Å². The lowest BCUT2D eigenvalue weighted by Crippen LogP contribution is -2.40. The summed E-state index contributed by atoms with van der Waals surface area (Å²) >= 11 is 0. The smallest absolute Gasteiger partial charge is 0.254 e. The van der Waals surface area contributed by atoms with Crippen LogP contribution in [0.15, 0.2) is 24.3 Å². The van der Waals surface area contributed by atoms with Crippen LogP contribution < -0.4 is 11.2 Å². The van der Waals surface area contributed by atoms with Gasteiger partial charge in [0.2, 0.25) is 0 Å². The van der Waals surface area contributed by atoms with Crippen LogP contribution in [-0.4, -0.2) is 24.0 Å². The lowest BCUT2D eigenvalue weighted by molar-refractivity contribution is -0.128. The number of rotatable bonds is 4. The van der Waals surface area contributed by atoms with Crippen molar-refractivity contribution >= 4 is 11.6 Å². The van der Waals surface area contributed by atoms with Crippen LogP contribution in [0, 0.1) is 6.92 Å². The Bertz CT molecular complexity index is 338. The molecule has 0 unspecified atom stereocenters. The zero-order chi connectivity index (χ0) is 11.3. The van der Waals surface area contributed by atoms with Crippen LogP contribution in [0.3, 0.4) is 0 Å². The maximum atomic E-state index is 11.4. The summed E-state index contributed by atoms with van der Waals surface area (Å²) in [5.41, 5.74) is 10.4. The van der Waals surface area contributed by atoms with Gasteiger partial charge >= 0.3 is 0 Å². The molecule has 0 aromatic heterocycles. The summed E-state index contributed by atoms with van der Waals surface area (Å²) in [4.78, 5) is 11.4. The lowest BCUT2D eigenvalue weighted by Gasteiger charge is -2.22. The largest absolute Gasteiger partial charge is 0.322 e. The Hall–Kier alpha value is -1.55. The quantitative estimate of drug-likeness (QED) is 0.728. The Morgan fingerprint density at radius 2 is 2.27 bits per heavy atom. The maximum absolute atomic E-state index is 11.4. The van der Waals surface area contributed by atoms with Crippen molar-refractivity contribution in [1.82, 2.24) is 5.01 Å². The molecule has 82 valence electrons. The molecule has 1 rings (SSSR count). The number of carbonyl (C=O) groups excluding carboxylic acids is 1. The number of hydrogen-bond acceptors (Lipinski definition) is 3. The number of hydrazine groups is 1. The average molecular weight is 207 g/mol. The Kier molecular flexibility index (Phi) is 4.12. The van der Waals surface area contributed by atoms with E-state index in [0.29, 0.717) is 6.54 Å². The van der Waals surface area contributed by atoms with E-state index in [9.17, 15) is 4.79 Å². The number of aryl methyl sites for hydroxylation is 1. The fourth-order valence-electron chi connectivity index (χ4n) is 1.30. The topological polar surface area (TPSA) is 58.4 Å². The molecule has 0 aliphatic heterocycles. The van der Waals surface area contributed by atoms with Gasteiger partial charge in [-0.1, -0.05) is 12.1 Å². The molecule has 0 aliphatic rings. The Morgan fingerprint density at radius 1 is 1.53 bits per heavy atom. The summed E-state index contributed by atoms with van der Waals surface area (Å²) in [6, 6.07) is 7.84. The van der Waals surface area contributed by atoms with Crippen molar-refractivity contribution in [2.75, 3.05) is 18.5 Å². The van der Waals surface area contributed by atoms with E-state index in [1.807, 2.05) is 38.1 Å². The molecule has 0 atom stereocenters. The molecule has 0 saturated heterocycles. The molecule has 4 heteroatoms. The summed E-state index contributed by atoms with van der Waals surface area (Å²) in [5.74, 6) is -0.112. The molecule has 3 N–H and O–H groups in total. The van der Waals surface area contributed by atoms with Crippen LogP contribution in [0.5, 0.6) is 0 Å². The number of anilines is 1. The average Bonchev–Trinajstić information content (AvgIpc) is 2.25. The lowest BCUT2D eigenvalue weighted by atomic mass is 10.2. The number of likely N-dealkylation sites (N-methyl/N-ethyl adjacent to an activating group) is 1. The van der Waals surface area contributed by atoms with E-state index in [4.69, 9.17) is 5.73 Å². The molecule has 0 bridgehead atoms. The summed E-state index contributed by atoms with van der Waals surface area (Å²) in [7, 11) is 0. The first-order chi connectivity index (χ1) is 7.17. The Balaban J connectivity index is 2.70. The van der Waals surface area contributed by atoms with Crippen molar-refractivity contribution in [2.24, 2.45) is 5.73 Å². The summed E-state index contributed by atoms with van der Waals surface area (Å²) in [6.45, 7) is 4.51. The van der Waals surface area contributed by atoms with Gasteiger partial charge in [-0.15, -0.1) is 0 Å². The van der Waals surface area contributed by atoms with E-state index >= 15 is 0 Å². The second kappa shape index (κ2) is 5.36. The third-order valence-corrected chi connectivity index (χ3v) is 2.07. The third kappa shape index (κ3) is 3.25. The Labute approximate surface area is 90.0 Å². The zero-order valence-corrected chi connectivity index (χ0v) is 9.16. The molecule has 0 saturated carbocycles. The molecular formula is C11H17N3O. The molecule has 4 nitrogen and oxygen atoms in total. The van der Waals surface area contributed by atoms with Crippen molar-refractivity contribution in [3.63, 3.8) is 0 Å². The minimum atomic E-state index is -0.112. The van der Waals surface area contributed by atoms with Gasteiger partial charge in [0.25, 0.3) is 5.91 Å². The van der Waals surface area contributed by atoms with E-state index < -0.39 is 0 Å². The SMILES string of the molecule is CCN(Nc1cccc(C)c1)C(=O)CN. The first-order valence-electron chi connectivity index (χ1n) is 5.01. The van der Waals surface area contributed by atoms with Crippen LogP contribution >= 0.6 is 0 Å². The van der Waals surface area contributed by atoms with E-state index in [0.717, 1.165) is 11.3 Å². The number of carbonyl (C=O) groups is 1. The number of amides is 1. The first kappa shape index (κ1) is 11.5. The molecule has 0 heterocycles. The summed E-state index contributed by atoms with van der Waals surface area (Å²) in [6.07, 6.45) is 0. The van der Waals surface area contributed by atoms with E-state index in [2.05, 4.69) is 5.43 Å². The fraction of sp³-hybridized carbons (Fsp3) is 0.364. The van der Waals surface area contributed by atoms with E-state index in [-0.39, 0.29) is 12.5 Å². The molecule has 0 fully saturated rings. The molecule has 0 spiro atoms. The second-order valence-corrected chi connectivity index (χ2v) is 3.32. The normalized spacial score (nSPS) is 9.80. The highest BCUT2D eigenvalue weighted by molar-refractivity contribution is 5.79. The highest BCUT2D eigenvalue weighted by Crippen LogP contribution is 2.10. The summed E-state index contributed by atoms with van der Waals surface area (Å²) in [5, 5.41) is 1.51. The predicted molar refractivity (Wildman–Crippen MR) is 61.2 cm³/mol. The molecule has 1 aromatic rings. The Morgan fingerprint density at radius 3 is 2.80 bits per heavy atom. The van der Waals surface area contributed by atoms with Gasteiger partial charge in [-0.05, 0) is 31.5 Å². The van der Waals surface area contributed by atoms with Gasteiger partial charge in [0.1, 0.15) is 0 Å². The monoisotopic (exact) mass is 207 g/mol. The van der Waals surface area contributed by atoms with Crippen LogP contribution in [0.4, 0.5) is 5.69 Å². The van der Waals surface area contributed by atoms with Crippen molar-refractivity contribution in [2.45, 2.75) is 13.8 Å². The maximum Gasteiger partial charge on any atom is 0.254 e. The molecule has 0 aliphatic carbocycles. The van der Waals surface area contributed by atoms with Crippen LogP contribution in [0.2, 0.25) is 0 Å². The molecule has 1 aromatic carbocycles. The summed E-state index contributed by atoms with van der Waals surface area (Å²) < 4.78 is 0. The van der Waals surface area contributed by atoms with Crippen molar-refractivity contribution < 1.29 is 4.79 Å². The molecule has 1 amide bonds. The number of benzene rings is 1. The van der Waals surface area contributed by atoms with Gasteiger partial charge in [0.05, 0.1) is 12.2 Å². The standard InChI is InChI=1S/C11H17N3O/c1-3-14(11(15)8-12)13-10-6-4-5-9(2)7-10/h4-7,13H,3,8,12H2,1-2H3. The van der Waals surface area contributed by atoms with Gasteiger partial charge < -0.3 is 5.73 Å². The minimum Gasteiger partial charge on any atom is -0.322 e. The van der Waals surface area contributed by atoms with Crippen LogP contribution in [0.25, 0.3) is 0 Å². The molecular weight excluding hydrogens is 190 g/mol. The highest BCUT2D eigenvalue weighted by atomic mass is 16.2. The third-order valence-electron chi connectivity index (χ3n) is 2.07. The fourth-order valence-corrected chi connectivity index (χ4v) is 1.30. The molecule has 15 heavy (non-hydrogen) atoms. The van der Waals surface area contributed by atoms with E-state index in [1.54, 1.807) is 0 Å². The van der Waals surface area contributed by atoms with Gasteiger partial charge in [-0.3, -0.25) is 15.2 Å². The molecule has 0 radical (unpaired) electrons. The zero-order valence-electron chi connectivity index (χ0n) is 9.16.